The minimum Gasteiger partial charge on any atom is -0.304 e. The van der Waals surface area contributed by atoms with E-state index in [-0.39, 0.29) is 5.91 Å². The van der Waals surface area contributed by atoms with E-state index < -0.39 is 0 Å². The van der Waals surface area contributed by atoms with E-state index in [0.29, 0.717) is 26.7 Å². The lowest BCUT2D eigenvalue weighted by atomic mass is 10.1. The lowest BCUT2D eigenvalue weighted by molar-refractivity contribution is 0.0941. The largest absolute Gasteiger partial charge is 0.304 e. The Hall–Kier alpha value is -2.48. The van der Waals surface area contributed by atoms with Crippen LogP contribution in [0.5, 0.6) is 0 Å². The quantitative estimate of drug-likeness (QED) is 0.661. The number of nitrogens with one attached hydrogen (secondary N) is 2. The SMILES string of the molecule is N#C/C(=C/NNC(=O)c1ccc(Cl)cc1)c1ccc(Cl)cc1. The van der Waals surface area contributed by atoms with Gasteiger partial charge in [0.05, 0.1) is 5.57 Å². The number of amides is 1. The van der Waals surface area contributed by atoms with Crippen molar-refractivity contribution < 1.29 is 4.79 Å². The van der Waals surface area contributed by atoms with Crippen LogP contribution in [0.1, 0.15) is 15.9 Å². The van der Waals surface area contributed by atoms with Crippen LogP contribution in [0.25, 0.3) is 5.57 Å². The molecule has 0 aliphatic rings. The third kappa shape index (κ3) is 4.26. The number of nitrogens with zero attached hydrogens (tertiary/aromatic N) is 1. The van der Waals surface area contributed by atoms with Gasteiger partial charge in [0.2, 0.25) is 0 Å². The number of hydrogen-bond donors (Lipinski definition) is 2. The fourth-order valence-corrected chi connectivity index (χ4v) is 1.91. The van der Waals surface area contributed by atoms with Gasteiger partial charge in [-0.2, -0.15) is 5.26 Å². The van der Waals surface area contributed by atoms with Gasteiger partial charge in [-0.3, -0.25) is 10.2 Å². The molecule has 22 heavy (non-hydrogen) atoms. The third-order valence-corrected chi connectivity index (χ3v) is 3.29. The van der Waals surface area contributed by atoms with Crippen LogP contribution in [0.15, 0.2) is 54.7 Å². The van der Waals surface area contributed by atoms with Crippen LogP contribution in [0, 0.1) is 11.3 Å². The molecule has 4 nitrogen and oxygen atoms in total. The van der Waals surface area contributed by atoms with Gasteiger partial charge in [0, 0.05) is 21.8 Å². The lowest BCUT2D eigenvalue weighted by Crippen LogP contribution is -2.33. The maximum Gasteiger partial charge on any atom is 0.269 e. The van der Waals surface area contributed by atoms with Crippen LogP contribution in [0.4, 0.5) is 0 Å². The smallest absolute Gasteiger partial charge is 0.269 e. The van der Waals surface area contributed by atoms with Gasteiger partial charge in [-0.25, -0.2) is 0 Å². The minimum atomic E-state index is -0.332. The van der Waals surface area contributed by atoms with E-state index >= 15 is 0 Å². The molecule has 110 valence electrons. The summed E-state index contributed by atoms with van der Waals surface area (Å²) in [6, 6.07) is 15.3. The van der Waals surface area contributed by atoms with Gasteiger partial charge in [-0.1, -0.05) is 35.3 Å². The Labute approximate surface area is 137 Å². The molecule has 0 unspecified atom stereocenters. The van der Waals surface area contributed by atoms with E-state index in [2.05, 4.69) is 10.9 Å². The molecule has 0 atom stereocenters. The number of allylic oxidation sites excluding steroid dienone is 1. The minimum absolute atomic E-state index is 0.332. The Balaban J connectivity index is 2.01. The Kier molecular flexibility index (Phi) is 5.42. The Bertz CT molecular complexity index is 731. The molecule has 0 aliphatic heterocycles. The molecule has 0 fully saturated rings. The zero-order chi connectivity index (χ0) is 15.9. The molecule has 2 N–H and O–H groups in total. The van der Waals surface area contributed by atoms with Crippen LogP contribution in [0.2, 0.25) is 10.0 Å². The molecule has 0 aromatic heterocycles. The molecule has 0 aliphatic carbocycles. The number of hydrogen-bond acceptors (Lipinski definition) is 3. The summed E-state index contributed by atoms with van der Waals surface area (Å²) < 4.78 is 0. The summed E-state index contributed by atoms with van der Waals surface area (Å²) in [4.78, 5) is 11.9. The number of nitriles is 1. The van der Waals surface area contributed by atoms with Crippen molar-refractivity contribution in [2.45, 2.75) is 0 Å². The average Bonchev–Trinajstić information content (AvgIpc) is 2.53. The Morgan fingerprint density at radius 3 is 1.95 bits per heavy atom. The van der Waals surface area contributed by atoms with Crippen molar-refractivity contribution in [1.82, 2.24) is 10.9 Å². The Morgan fingerprint density at radius 2 is 1.45 bits per heavy atom. The van der Waals surface area contributed by atoms with Gasteiger partial charge in [0.15, 0.2) is 0 Å². The van der Waals surface area contributed by atoms with Crippen LogP contribution in [0.3, 0.4) is 0 Å². The number of halogens is 2. The summed E-state index contributed by atoms with van der Waals surface area (Å²) in [7, 11) is 0. The normalized spacial score (nSPS) is 10.7. The summed E-state index contributed by atoms with van der Waals surface area (Å²) in [6.07, 6.45) is 1.41. The van der Waals surface area contributed by atoms with Crippen LogP contribution in [-0.2, 0) is 0 Å². The first-order valence-electron chi connectivity index (χ1n) is 6.28. The molecule has 0 saturated heterocycles. The summed E-state index contributed by atoms with van der Waals surface area (Å²) >= 11 is 11.6. The lowest BCUT2D eigenvalue weighted by Gasteiger charge is -2.06. The number of benzene rings is 2. The van der Waals surface area contributed by atoms with E-state index in [0.717, 1.165) is 0 Å². The summed E-state index contributed by atoms with van der Waals surface area (Å²) in [6.45, 7) is 0. The van der Waals surface area contributed by atoms with Gasteiger partial charge in [0.25, 0.3) is 5.91 Å². The van der Waals surface area contributed by atoms with E-state index in [1.807, 2.05) is 6.07 Å². The fourth-order valence-electron chi connectivity index (χ4n) is 1.66. The molecule has 2 aromatic carbocycles. The molecule has 1 amide bonds. The molecule has 0 spiro atoms. The van der Waals surface area contributed by atoms with Crippen molar-refractivity contribution in [1.29, 1.82) is 5.26 Å². The topological polar surface area (TPSA) is 64.9 Å². The van der Waals surface area contributed by atoms with E-state index in [1.54, 1.807) is 48.5 Å². The van der Waals surface area contributed by atoms with E-state index in [9.17, 15) is 4.79 Å². The van der Waals surface area contributed by atoms with Crippen LogP contribution in [-0.4, -0.2) is 5.91 Å². The van der Waals surface area contributed by atoms with Gasteiger partial charge in [-0.15, -0.1) is 0 Å². The molecule has 0 radical (unpaired) electrons. The zero-order valence-electron chi connectivity index (χ0n) is 11.3. The average molecular weight is 332 g/mol. The second-order valence-electron chi connectivity index (χ2n) is 4.28. The van der Waals surface area contributed by atoms with Crippen molar-refractivity contribution in [2.75, 3.05) is 0 Å². The molecule has 2 rings (SSSR count). The molecule has 2 aromatic rings. The first kappa shape index (κ1) is 15.9. The summed E-state index contributed by atoms with van der Waals surface area (Å²) in [5, 5.41) is 10.3. The van der Waals surface area contributed by atoms with E-state index in [4.69, 9.17) is 28.5 Å². The van der Waals surface area contributed by atoms with Crippen molar-refractivity contribution >= 4 is 34.7 Å². The van der Waals surface area contributed by atoms with E-state index in [1.165, 1.54) is 6.20 Å². The monoisotopic (exact) mass is 331 g/mol. The maximum atomic E-state index is 11.9. The number of hydrazine groups is 1. The second kappa shape index (κ2) is 7.51. The predicted octanol–water partition coefficient (Wildman–Crippen LogP) is 3.79. The highest BCUT2D eigenvalue weighted by molar-refractivity contribution is 6.30. The highest BCUT2D eigenvalue weighted by Gasteiger charge is 2.04. The number of rotatable bonds is 4. The number of carbonyl (C=O) groups is 1. The molecular formula is C16H11Cl2N3O. The van der Waals surface area contributed by atoms with Gasteiger partial charge in [-0.05, 0) is 42.0 Å². The molecule has 0 heterocycles. The number of carbonyl (C=O) groups excluding carboxylic acids is 1. The highest BCUT2D eigenvalue weighted by Crippen LogP contribution is 2.16. The van der Waals surface area contributed by atoms with Crippen LogP contribution >= 0.6 is 23.2 Å². The van der Waals surface area contributed by atoms with Gasteiger partial charge < -0.3 is 5.43 Å². The predicted molar refractivity (Wildman–Crippen MR) is 87.1 cm³/mol. The van der Waals surface area contributed by atoms with Crippen molar-refractivity contribution in [2.24, 2.45) is 0 Å². The molecular weight excluding hydrogens is 321 g/mol. The highest BCUT2D eigenvalue weighted by atomic mass is 35.5. The van der Waals surface area contributed by atoms with Gasteiger partial charge in [0.1, 0.15) is 6.07 Å². The third-order valence-electron chi connectivity index (χ3n) is 2.78. The molecule has 6 heteroatoms. The first-order valence-corrected chi connectivity index (χ1v) is 7.03. The standard InChI is InChI=1S/C16H11Cl2N3O/c17-14-5-1-11(2-6-14)13(9-19)10-20-21-16(22)12-3-7-15(18)8-4-12/h1-8,10,20H,(H,21,22)/b13-10-. The fraction of sp³-hybridized carbons (Fsp3) is 0. The Morgan fingerprint density at radius 1 is 0.955 bits per heavy atom. The van der Waals surface area contributed by atoms with Gasteiger partial charge >= 0.3 is 0 Å². The maximum absolute atomic E-state index is 11.9. The molecule has 0 bridgehead atoms. The van der Waals surface area contributed by atoms with Crippen molar-refractivity contribution in [3.05, 3.63) is 75.9 Å². The first-order chi connectivity index (χ1) is 10.6. The van der Waals surface area contributed by atoms with Crippen molar-refractivity contribution in [3.8, 4) is 6.07 Å². The second-order valence-corrected chi connectivity index (χ2v) is 5.15. The summed E-state index contributed by atoms with van der Waals surface area (Å²) in [5.41, 5.74) is 6.61. The zero-order valence-corrected chi connectivity index (χ0v) is 12.8. The van der Waals surface area contributed by atoms with Crippen molar-refractivity contribution in [3.63, 3.8) is 0 Å². The summed E-state index contributed by atoms with van der Waals surface area (Å²) in [5.74, 6) is -0.332. The van der Waals surface area contributed by atoms with Crippen LogP contribution < -0.4 is 10.9 Å². The molecule has 0 saturated carbocycles.